The van der Waals surface area contributed by atoms with E-state index in [1.165, 1.54) is 5.39 Å². The molecular weight excluding hydrogens is 324 g/mol. The van der Waals surface area contributed by atoms with Gasteiger partial charge in [-0.3, -0.25) is 9.79 Å². The minimum absolute atomic E-state index is 0.0924. The Balaban J connectivity index is 1.88. The molecular formula is C22H26N2O2. The molecule has 1 aliphatic rings. The SMILES string of the molecule is CCOC(=O)CNC1=C/C(=N/c2cccc3ccccc23)CC(C)(C)C1. The molecule has 3 rings (SSSR count). The van der Waals surface area contributed by atoms with Crippen molar-refractivity contribution in [2.75, 3.05) is 13.2 Å². The van der Waals surface area contributed by atoms with Gasteiger partial charge in [0.2, 0.25) is 0 Å². The van der Waals surface area contributed by atoms with Gasteiger partial charge in [-0.25, -0.2) is 0 Å². The molecule has 136 valence electrons. The largest absolute Gasteiger partial charge is 0.465 e. The number of ether oxygens (including phenoxy) is 1. The Kier molecular flexibility index (Phi) is 5.40. The smallest absolute Gasteiger partial charge is 0.325 e. The van der Waals surface area contributed by atoms with Crippen LogP contribution in [0.5, 0.6) is 0 Å². The molecule has 0 saturated carbocycles. The van der Waals surface area contributed by atoms with Crippen LogP contribution in [0.25, 0.3) is 10.8 Å². The van der Waals surface area contributed by atoms with E-state index >= 15 is 0 Å². The number of allylic oxidation sites excluding steroid dienone is 2. The molecule has 0 amide bonds. The van der Waals surface area contributed by atoms with Crippen LogP contribution in [0.1, 0.15) is 33.6 Å². The number of carbonyl (C=O) groups excluding carboxylic acids is 1. The Bertz CT molecular complexity index is 860. The monoisotopic (exact) mass is 350 g/mol. The van der Waals surface area contributed by atoms with E-state index in [1.54, 1.807) is 0 Å². The van der Waals surface area contributed by atoms with Crippen molar-refractivity contribution in [2.45, 2.75) is 33.6 Å². The minimum atomic E-state index is -0.232. The second kappa shape index (κ2) is 7.73. The normalized spacial score (nSPS) is 17.8. The average Bonchev–Trinajstić information content (AvgIpc) is 2.59. The van der Waals surface area contributed by atoms with E-state index < -0.39 is 0 Å². The number of rotatable bonds is 5. The molecule has 0 unspecified atom stereocenters. The van der Waals surface area contributed by atoms with Gasteiger partial charge in [0, 0.05) is 16.8 Å². The highest BCUT2D eigenvalue weighted by Gasteiger charge is 2.26. The molecule has 0 bridgehead atoms. The van der Waals surface area contributed by atoms with Crippen LogP contribution in [0.15, 0.2) is 59.2 Å². The first-order chi connectivity index (χ1) is 12.5. The molecule has 0 aromatic heterocycles. The van der Waals surface area contributed by atoms with Crippen LogP contribution in [0.3, 0.4) is 0 Å². The first kappa shape index (κ1) is 18.2. The molecule has 1 N–H and O–H groups in total. The van der Waals surface area contributed by atoms with Crippen LogP contribution < -0.4 is 5.32 Å². The van der Waals surface area contributed by atoms with Gasteiger partial charge in [-0.05, 0) is 42.7 Å². The highest BCUT2D eigenvalue weighted by molar-refractivity contribution is 6.02. The molecule has 0 spiro atoms. The van der Waals surface area contributed by atoms with E-state index in [0.29, 0.717) is 6.61 Å². The summed E-state index contributed by atoms with van der Waals surface area (Å²) in [4.78, 5) is 16.6. The second-order valence-electron chi connectivity index (χ2n) is 7.45. The van der Waals surface area contributed by atoms with E-state index in [1.807, 2.05) is 25.1 Å². The van der Waals surface area contributed by atoms with Crippen molar-refractivity contribution in [1.29, 1.82) is 0 Å². The molecule has 0 aliphatic heterocycles. The zero-order valence-corrected chi connectivity index (χ0v) is 15.7. The molecule has 0 saturated heterocycles. The zero-order chi connectivity index (χ0) is 18.6. The van der Waals surface area contributed by atoms with Gasteiger partial charge >= 0.3 is 5.97 Å². The molecule has 4 nitrogen and oxygen atoms in total. The Morgan fingerprint density at radius 2 is 1.92 bits per heavy atom. The van der Waals surface area contributed by atoms with Crippen molar-refractivity contribution in [3.05, 3.63) is 54.2 Å². The minimum Gasteiger partial charge on any atom is -0.465 e. The van der Waals surface area contributed by atoms with Gasteiger partial charge in [0.05, 0.1) is 12.3 Å². The summed E-state index contributed by atoms with van der Waals surface area (Å²) in [5, 5.41) is 5.56. The number of nitrogens with one attached hydrogen (secondary N) is 1. The summed E-state index contributed by atoms with van der Waals surface area (Å²) in [6.45, 7) is 6.86. The Morgan fingerprint density at radius 3 is 2.73 bits per heavy atom. The predicted molar refractivity (Wildman–Crippen MR) is 107 cm³/mol. The number of benzene rings is 2. The number of hydrogen-bond acceptors (Lipinski definition) is 4. The van der Waals surface area contributed by atoms with Crippen LogP contribution in [0, 0.1) is 5.41 Å². The number of esters is 1. The summed E-state index contributed by atoms with van der Waals surface area (Å²) in [5.41, 5.74) is 3.14. The van der Waals surface area contributed by atoms with E-state index in [0.717, 1.165) is 35.3 Å². The highest BCUT2D eigenvalue weighted by atomic mass is 16.5. The van der Waals surface area contributed by atoms with Crippen molar-refractivity contribution < 1.29 is 9.53 Å². The molecule has 0 radical (unpaired) electrons. The Labute approximate surface area is 155 Å². The quantitative estimate of drug-likeness (QED) is 0.790. The Hall–Kier alpha value is -2.62. The average molecular weight is 350 g/mol. The predicted octanol–water partition coefficient (Wildman–Crippen LogP) is 4.77. The first-order valence-corrected chi connectivity index (χ1v) is 9.12. The summed E-state index contributed by atoms with van der Waals surface area (Å²) in [7, 11) is 0. The van der Waals surface area contributed by atoms with E-state index in [-0.39, 0.29) is 17.9 Å². The maximum Gasteiger partial charge on any atom is 0.325 e. The molecule has 4 heteroatoms. The summed E-state index contributed by atoms with van der Waals surface area (Å²) >= 11 is 0. The van der Waals surface area contributed by atoms with Crippen molar-refractivity contribution in [1.82, 2.24) is 5.32 Å². The van der Waals surface area contributed by atoms with Gasteiger partial charge < -0.3 is 10.1 Å². The van der Waals surface area contributed by atoms with Crippen molar-refractivity contribution in [2.24, 2.45) is 10.4 Å². The lowest BCUT2D eigenvalue weighted by Crippen LogP contribution is -2.31. The molecule has 2 aromatic rings. The van der Waals surface area contributed by atoms with Crippen molar-refractivity contribution >= 4 is 28.1 Å². The number of aliphatic imine (C=N–C) groups is 1. The number of hydrogen-bond donors (Lipinski definition) is 1. The second-order valence-corrected chi connectivity index (χ2v) is 7.45. The van der Waals surface area contributed by atoms with E-state index in [2.05, 4.69) is 49.5 Å². The number of fused-ring (bicyclic) bond motifs is 1. The van der Waals surface area contributed by atoms with Gasteiger partial charge in [-0.15, -0.1) is 0 Å². The molecule has 2 aromatic carbocycles. The van der Waals surface area contributed by atoms with Crippen LogP contribution in [0.2, 0.25) is 0 Å². The van der Waals surface area contributed by atoms with Crippen LogP contribution in [-0.2, 0) is 9.53 Å². The lowest BCUT2D eigenvalue weighted by atomic mass is 9.78. The van der Waals surface area contributed by atoms with E-state index in [4.69, 9.17) is 9.73 Å². The summed E-state index contributed by atoms with van der Waals surface area (Å²) in [5.74, 6) is -0.232. The first-order valence-electron chi connectivity index (χ1n) is 9.12. The van der Waals surface area contributed by atoms with Gasteiger partial charge in [-0.1, -0.05) is 50.2 Å². The summed E-state index contributed by atoms with van der Waals surface area (Å²) in [6.07, 6.45) is 3.87. The van der Waals surface area contributed by atoms with Crippen LogP contribution in [-0.4, -0.2) is 24.8 Å². The maximum absolute atomic E-state index is 11.6. The van der Waals surface area contributed by atoms with Crippen LogP contribution in [0.4, 0.5) is 5.69 Å². The van der Waals surface area contributed by atoms with Gasteiger partial charge in [0.1, 0.15) is 6.54 Å². The fourth-order valence-electron chi connectivity index (χ4n) is 3.42. The third-order valence-corrected chi connectivity index (χ3v) is 4.47. The van der Waals surface area contributed by atoms with Crippen molar-refractivity contribution in [3.8, 4) is 0 Å². The van der Waals surface area contributed by atoms with Gasteiger partial charge in [0.15, 0.2) is 0 Å². The fraction of sp³-hybridized carbons (Fsp3) is 0.364. The molecule has 0 heterocycles. The summed E-state index contributed by atoms with van der Waals surface area (Å²) in [6, 6.07) is 14.5. The van der Waals surface area contributed by atoms with Gasteiger partial charge in [0.25, 0.3) is 0 Å². The molecule has 26 heavy (non-hydrogen) atoms. The fourth-order valence-corrected chi connectivity index (χ4v) is 3.42. The third-order valence-electron chi connectivity index (χ3n) is 4.47. The number of carbonyl (C=O) groups is 1. The van der Waals surface area contributed by atoms with Gasteiger partial charge in [-0.2, -0.15) is 0 Å². The lowest BCUT2D eigenvalue weighted by Gasteiger charge is -2.31. The standard InChI is InChI=1S/C22H26N2O2/c1-4-26-21(25)15-23-17-12-18(14-22(2,3)13-17)24-20-11-7-9-16-8-5-6-10-19(16)20/h5-12,23H,4,13-15H2,1-3H3/b24-18-. The zero-order valence-electron chi connectivity index (χ0n) is 15.7. The molecule has 0 atom stereocenters. The maximum atomic E-state index is 11.6. The summed E-state index contributed by atoms with van der Waals surface area (Å²) < 4.78 is 5.00. The highest BCUT2D eigenvalue weighted by Crippen LogP contribution is 2.35. The molecule has 1 aliphatic carbocycles. The van der Waals surface area contributed by atoms with E-state index in [9.17, 15) is 4.79 Å². The topological polar surface area (TPSA) is 50.7 Å². The van der Waals surface area contributed by atoms with Crippen LogP contribution >= 0.6 is 0 Å². The Morgan fingerprint density at radius 1 is 1.15 bits per heavy atom. The lowest BCUT2D eigenvalue weighted by molar-refractivity contribution is -0.141. The third kappa shape index (κ3) is 4.51. The van der Waals surface area contributed by atoms with Crippen molar-refractivity contribution in [3.63, 3.8) is 0 Å². The molecule has 0 fully saturated rings. The number of nitrogens with zero attached hydrogens (tertiary/aromatic N) is 1.